The van der Waals surface area contributed by atoms with Crippen molar-refractivity contribution in [3.05, 3.63) is 20.8 Å². The number of primary amides is 1. The number of urea groups is 1. The number of fused-ring (bicyclic) bond motifs is 3. The predicted octanol–water partition coefficient (Wildman–Crippen LogP) is 2.67. The van der Waals surface area contributed by atoms with E-state index in [4.69, 9.17) is 10.7 Å². The first-order chi connectivity index (χ1) is 12.9. The van der Waals surface area contributed by atoms with Crippen LogP contribution in [0.4, 0.5) is 4.79 Å². The lowest BCUT2D eigenvalue weighted by atomic mass is 9.97. The summed E-state index contributed by atoms with van der Waals surface area (Å²) < 4.78 is 1.69. The molecular formula is C18H24N4O3S2. The molecule has 2 aromatic heterocycles. The molecule has 0 bridgehead atoms. The summed E-state index contributed by atoms with van der Waals surface area (Å²) in [5, 5.41) is 3.31. The average Bonchev–Trinajstić information content (AvgIpc) is 2.97. The van der Waals surface area contributed by atoms with Crippen LogP contribution >= 0.6 is 23.1 Å². The molecule has 0 atom stereocenters. The number of amides is 3. The first kappa shape index (κ1) is 19.9. The predicted molar refractivity (Wildman–Crippen MR) is 108 cm³/mol. The average molecular weight is 409 g/mol. The highest BCUT2D eigenvalue weighted by Gasteiger charge is 2.22. The van der Waals surface area contributed by atoms with Gasteiger partial charge in [0.15, 0.2) is 5.16 Å². The standard InChI is InChI=1S/C18H24N4O3S2/c1-10(2)7-8-22-16(24)14-11-5-3-4-6-12(11)27-15(14)21-18(22)26-9-13(23)20-17(19)25/h10H,3-9H2,1-2H3,(H3,19,20,23,25). The van der Waals surface area contributed by atoms with Crippen LogP contribution in [0.1, 0.15) is 43.6 Å². The summed E-state index contributed by atoms with van der Waals surface area (Å²) >= 11 is 2.76. The van der Waals surface area contributed by atoms with Crippen molar-refractivity contribution >= 4 is 45.3 Å². The number of aromatic nitrogens is 2. The largest absolute Gasteiger partial charge is 0.351 e. The summed E-state index contributed by atoms with van der Waals surface area (Å²) in [5.41, 5.74) is 6.13. The molecule has 0 radical (unpaired) electrons. The lowest BCUT2D eigenvalue weighted by molar-refractivity contribution is -0.117. The van der Waals surface area contributed by atoms with Gasteiger partial charge in [0.2, 0.25) is 5.91 Å². The van der Waals surface area contributed by atoms with Crippen molar-refractivity contribution < 1.29 is 9.59 Å². The molecule has 1 aliphatic carbocycles. The molecule has 3 rings (SSSR count). The third-order valence-corrected chi connectivity index (χ3v) is 6.73. The Morgan fingerprint density at radius 3 is 2.78 bits per heavy atom. The second-order valence-electron chi connectivity index (χ2n) is 7.13. The second-order valence-corrected chi connectivity index (χ2v) is 9.15. The highest BCUT2D eigenvalue weighted by atomic mass is 32.2. The summed E-state index contributed by atoms with van der Waals surface area (Å²) in [4.78, 5) is 42.6. The van der Waals surface area contributed by atoms with E-state index in [2.05, 4.69) is 13.8 Å². The lowest BCUT2D eigenvalue weighted by Gasteiger charge is -2.14. The van der Waals surface area contributed by atoms with Crippen molar-refractivity contribution in [3.8, 4) is 0 Å². The third kappa shape index (κ3) is 4.52. The van der Waals surface area contributed by atoms with Gasteiger partial charge in [-0.25, -0.2) is 9.78 Å². The number of imide groups is 1. The third-order valence-electron chi connectivity index (χ3n) is 4.56. The van der Waals surface area contributed by atoms with Crippen molar-refractivity contribution in [3.63, 3.8) is 0 Å². The molecule has 3 N–H and O–H groups in total. The van der Waals surface area contributed by atoms with Gasteiger partial charge < -0.3 is 5.73 Å². The lowest BCUT2D eigenvalue weighted by Crippen LogP contribution is -2.36. The molecule has 2 heterocycles. The Balaban J connectivity index is 1.99. The molecule has 0 aromatic carbocycles. The number of rotatable bonds is 6. The van der Waals surface area contributed by atoms with Crippen molar-refractivity contribution in [1.82, 2.24) is 14.9 Å². The van der Waals surface area contributed by atoms with Crippen molar-refractivity contribution in [2.75, 3.05) is 5.75 Å². The molecule has 7 nitrogen and oxygen atoms in total. The van der Waals surface area contributed by atoms with Gasteiger partial charge in [0.1, 0.15) is 4.83 Å². The zero-order chi connectivity index (χ0) is 19.6. The first-order valence-corrected chi connectivity index (χ1v) is 10.9. The zero-order valence-electron chi connectivity index (χ0n) is 15.5. The van der Waals surface area contributed by atoms with Crippen LogP contribution in [0.25, 0.3) is 10.2 Å². The fourth-order valence-electron chi connectivity index (χ4n) is 3.22. The van der Waals surface area contributed by atoms with Crippen LogP contribution in [0.3, 0.4) is 0 Å². The summed E-state index contributed by atoms with van der Waals surface area (Å²) in [6.45, 7) is 4.77. The molecule has 0 fully saturated rings. The number of carbonyl (C=O) groups excluding carboxylic acids is 2. The Kier molecular flexibility index (Phi) is 6.21. The topological polar surface area (TPSA) is 107 Å². The Bertz CT molecular complexity index is 933. The Morgan fingerprint density at radius 1 is 1.33 bits per heavy atom. The highest BCUT2D eigenvalue weighted by Crippen LogP contribution is 2.34. The molecule has 0 saturated heterocycles. The van der Waals surface area contributed by atoms with Gasteiger partial charge in [0.25, 0.3) is 5.56 Å². The number of hydrogen-bond acceptors (Lipinski definition) is 6. The maximum Gasteiger partial charge on any atom is 0.318 e. The maximum atomic E-state index is 13.3. The van der Waals surface area contributed by atoms with Gasteiger partial charge in [-0.15, -0.1) is 11.3 Å². The molecule has 0 aliphatic heterocycles. The first-order valence-electron chi connectivity index (χ1n) is 9.14. The van der Waals surface area contributed by atoms with E-state index in [1.54, 1.807) is 15.9 Å². The minimum Gasteiger partial charge on any atom is -0.351 e. The van der Waals surface area contributed by atoms with Gasteiger partial charge in [0.05, 0.1) is 11.1 Å². The molecule has 9 heteroatoms. The number of nitrogens with zero attached hydrogens (tertiary/aromatic N) is 2. The van der Waals surface area contributed by atoms with Crippen LogP contribution in [0.15, 0.2) is 9.95 Å². The molecule has 27 heavy (non-hydrogen) atoms. The van der Waals surface area contributed by atoms with Crippen LogP contribution in [0, 0.1) is 5.92 Å². The van der Waals surface area contributed by atoms with Gasteiger partial charge in [-0.3, -0.25) is 19.5 Å². The molecule has 0 saturated carbocycles. The number of thioether (sulfide) groups is 1. The molecule has 0 unspecified atom stereocenters. The number of nitrogens with two attached hydrogens (primary N) is 1. The maximum absolute atomic E-state index is 13.3. The molecule has 2 aromatic rings. The Morgan fingerprint density at radius 2 is 2.07 bits per heavy atom. The van der Waals surface area contributed by atoms with E-state index < -0.39 is 11.9 Å². The van der Waals surface area contributed by atoms with Gasteiger partial charge in [-0.2, -0.15) is 0 Å². The van der Waals surface area contributed by atoms with E-state index >= 15 is 0 Å². The number of thiophene rings is 1. The van der Waals surface area contributed by atoms with E-state index in [1.165, 1.54) is 10.4 Å². The zero-order valence-corrected chi connectivity index (χ0v) is 17.2. The van der Waals surface area contributed by atoms with Crippen LogP contribution < -0.4 is 16.6 Å². The molecule has 0 spiro atoms. The second kappa shape index (κ2) is 8.43. The van der Waals surface area contributed by atoms with Crippen LogP contribution in [-0.2, 0) is 24.2 Å². The minimum atomic E-state index is -0.882. The van der Waals surface area contributed by atoms with Crippen LogP contribution in [-0.4, -0.2) is 27.2 Å². The van der Waals surface area contributed by atoms with E-state index in [1.807, 2.05) is 5.32 Å². The van der Waals surface area contributed by atoms with Crippen LogP contribution in [0.2, 0.25) is 0 Å². The number of aryl methyl sites for hydroxylation is 2. The molecule has 1 aliphatic rings. The summed E-state index contributed by atoms with van der Waals surface area (Å²) in [5.74, 6) is -0.0732. The number of nitrogens with one attached hydrogen (secondary N) is 1. The smallest absolute Gasteiger partial charge is 0.318 e. The fourth-order valence-corrected chi connectivity index (χ4v) is 5.35. The van der Waals surface area contributed by atoms with E-state index in [9.17, 15) is 14.4 Å². The monoisotopic (exact) mass is 408 g/mol. The van der Waals surface area contributed by atoms with E-state index in [-0.39, 0.29) is 11.3 Å². The van der Waals surface area contributed by atoms with Gasteiger partial charge in [-0.1, -0.05) is 25.6 Å². The Hall–Kier alpha value is -1.87. The van der Waals surface area contributed by atoms with Crippen molar-refractivity contribution in [1.29, 1.82) is 0 Å². The van der Waals surface area contributed by atoms with Crippen LogP contribution in [0.5, 0.6) is 0 Å². The Labute approximate surface area is 165 Å². The fraction of sp³-hybridized carbons (Fsp3) is 0.556. The van der Waals surface area contributed by atoms with Gasteiger partial charge in [-0.05, 0) is 43.6 Å². The van der Waals surface area contributed by atoms with E-state index in [0.717, 1.165) is 54.1 Å². The minimum absolute atomic E-state index is 0.0159. The summed E-state index contributed by atoms with van der Waals surface area (Å²) in [6.07, 6.45) is 5.04. The quantitative estimate of drug-likeness (QED) is 0.564. The van der Waals surface area contributed by atoms with E-state index in [0.29, 0.717) is 17.6 Å². The van der Waals surface area contributed by atoms with Gasteiger partial charge in [0, 0.05) is 11.4 Å². The summed E-state index contributed by atoms with van der Waals surface area (Å²) in [6, 6.07) is -0.882. The molecular weight excluding hydrogens is 384 g/mol. The normalized spacial score (nSPS) is 13.7. The SMILES string of the molecule is CC(C)CCn1c(SCC(=O)NC(N)=O)nc2sc3c(c2c1=O)CCCC3. The number of hydrogen-bond donors (Lipinski definition) is 2. The number of carbonyl (C=O) groups is 2. The van der Waals surface area contributed by atoms with Crippen molar-refractivity contribution in [2.24, 2.45) is 11.7 Å². The highest BCUT2D eigenvalue weighted by molar-refractivity contribution is 7.99. The molecule has 3 amide bonds. The molecule has 146 valence electrons. The van der Waals surface area contributed by atoms with Crippen molar-refractivity contribution in [2.45, 2.75) is 57.7 Å². The van der Waals surface area contributed by atoms with Gasteiger partial charge >= 0.3 is 6.03 Å². The summed E-state index contributed by atoms with van der Waals surface area (Å²) in [7, 11) is 0.